The zero-order valence-electron chi connectivity index (χ0n) is 28.5. The van der Waals surface area contributed by atoms with Gasteiger partial charge in [0.1, 0.15) is 0 Å². The number of hydrogen-bond donors (Lipinski definition) is 3. The van der Waals surface area contributed by atoms with E-state index in [0.29, 0.717) is 11.7 Å². The summed E-state index contributed by atoms with van der Waals surface area (Å²) in [6.45, 7) is 19.8. The first kappa shape index (κ1) is 38.4. The van der Waals surface area contributed by atoms with E-state index in [1.807, 2.05) is 6.08 Å². The van der Waals surface area contributed by atoms with Crippen molar-refractivity contribution in [2.75, 3.05) is 26.2 Å². The quantitative estimate of drug-likeness (QED) is 0.148. The molecule has 4 rings (SSSR count). The number of carbonyl (C=O) groups excluding carboxylic acids is 1. The number of carbonyl (C=O) groups is 1. The smallest absolute Gasteiger partial charge is 0.393 e. The average Bonchev–Trinajstić information content (AvgIpc) is 3.26. The summed E-state index contributed by atoms with van der Waals surface area (Å²) >= 11 is 0. The highest BCUT2D eigenvalue weighted by Gasteiger charge is 2.58. The van der Waals surface area contributed by atoms with Gasteiger partial charge in [0.15, 0.2) is 5.78 Å². The Kier molecular flexibility index (Phi) is 15.4. The van der Waals surface area contributed by atoms with Crippen LogP contribution >= 0.6 is 0 Å². The number of nitrogens with zero attached hydrogens (tertiary/aromatic N) is 1. The monoisotopic (exact) mass is 628 g/mol. The second kappa shape index (κ2) is 17.2. The van der Waals surface area contributed by atoms with E-state index in [4.69, 9.17) is 17.5 Å². The van der Waals surface area contributed by atoms with Crippen LogP contribution in [0.15, 0.2) is 11.6 Å². The summed E-state index contributed by atoms with van der Waals surface area (Å²) in [6, 6.07) is 0. The highest BCUT2D eigenvalue weighted by molar-refractivity contribution is 7.79. The van der Waals surface area contributed by atoms with Crippen LogP contribution in [-0.4, -0.2) is 65.2 Å². The molecule has 7 nitrogen and oxygen atoms in total. The number of fused-ring (bicyclic) bond motifs is 5. The molecule has 43 heavy (non-hydrogen) atoms. The topological polar surface area (TPSA) is 112 Å². The molecule has 252 valence electrons. The van der Waals surface area contributed by atoms with Crippen LogP contribution in [0.1, 0.15) is 144 Å². The molecule has 4 aliphatic rings. The van der Waals surface area contributed by atoms with Gasteiger partial charge in [0.05, 0.1) is 32.3 Å². The second-order valence-corrected chi connectivity index (χ2v) is 15.6. The molecular formula is C35H66NO6S+. The zero-order chi connectivity index (χ0) is 32.3. The van der Waals surface area contributed by atoms with Gasteiger partial charge in [0.2, 0.25) is 0 Å². The predicted molar refractivity (Wildman–Crippen MR) is 176 cm³/mol. The molecule has 0 saturated heterocycles. The Morgan fingerprint density at radius 1 is 0.767 bits per heavy atom. The van der Waals surface area contributed by atoms with Crippen molar-refractivity contribution in [2.45, 2.75) is 150 Å². The van der Waals surface area contributed by atoms with Gasteiger partial charge in [0, 0.05) is 6.42 Å². The van der Waals surface area contributed by atoms with Crippen molar-refractivity contribution in [1.82, 2.24) is 0 Å². The second-order valence-electron chi connectivity index (χ2n) is 14.7. The molecule has 0 spiro atoms. The van der Waals surface area contributed by atoms with Gasteiger partial charge in [-0.3, -0.25) is 13.9 Å². The van der Waals surface area contributed by atoms with Crippen LogP contribution in [0.25, 0.3) is 0 Å². The lowest BCUT2D eigenvalue weighted by molar-refractivity contribution is -0.929. The molecule has 0 aliphatic heterocycles. The standard InChI is InChI=1S/C19H28O2.C16H36N.H2O4S/c1-18-9-7-13(20)11-12(18)3-4-14-15-5-6-17(21)19(15,2)10-8-16(14)18;1-5-9-13-17(14-10-6-2,15-11-7-3)16-12-8-4;1-5(2,3)4/h11,14-17,21H,3-10H2,1-2H3;5-16H2,1-4H3;(H2,1,2,3,4)/q;+1;/t14-,15-,16-,17-,18-,19-;;/m0../s1. The Hall–Kier alpha value is -0.800. The van der Waals surface area contributed by atoms with E-state index < -0.39 is 10.4 Å². The third-order valence-electron chi connectivity index (χ3n) is 11.9. The van der Waals surface area contributed by atoms with Gasteiger partial charge in [-0.2, -0.15) is 8.42 Å². The molecular weight excluding hydrogens is 562 g/mol. The van der Waals surface area contributed by atoms with Gasteiger partial charge in [-0.15, -0.1) is 0 Å². The number of aliphatic hydroxyl groups excluding tert-OH is 1. The summed E-state index contributed by atoms with van der Waals surface area (Å²) in [7, 11) is -4.67. The molecule has 3 fully saturated rings. The van der Waals surface area contributed by atoms with Gasteiger partial charge in [0.25, 0.3) is 0 Å². The van der Waals surface area contributed by atoms with E-state index >= 15 is 0 Å². The van der Waals surface area contributed by atoms with Crippen molar-refractivity contribution in [1.29, 1.82) is 0 Å². The van der Waals surface area contributed by atoms with Crippen LogP contribution < -0.4 is 0 Å². The van der Waals surface area contributed by atoms with Crippen molar-refractivity contribution < 1.29 is 31.9 Å². The van der Waals surface area contributed by atoms with E-state index in [2.05, 4.69) is 41.5 Å². The van der Waals surface area contributed by atoms with Crippen LogP contribution in [0, 0.1) is 28.6 Å². The maximum Gasteiger partial charge on any atom is 0.394 e. The summed E-state index contributed by atoms with van der Waals surface area (Å²) in [6.07, 6.45) is 21.8. The van der Waals surface area contributed by atoms with E-state index in [9.17, 15) is 9.90 Å². The third-order valence-corrected chi connectivity index (χ3v) is 11.9. The Morgan fingerprint density at radius 2 is 1.26 bits per heavy atom. The minimum atomic E-state index is -4.67. The van der Waals surface area contributed by atoms with Crippen molar-refractivity contribution in [3.63, 3.8) is 0 Å². The Bertz CT molecular complexity index is 951. The van der Waals surface area contributed by atoms with Crippen molar-refractivity contribution in [3.8, 4) is 0 Å². The molecule has 3 N–H and O–H groups in total. The van der Waals surface area contributed by atoms with E-state index in [0.717, 1.165) is 37.5 Å². The minimum absolute atomic E-state index is 0.0823. The largest absolute Gasteiger partial charge is 0.394 e. The van der Waals surface area contributed by atoms with Crippen molar-refractivity contribution in [3.05, 3.63) is 11.6 Å². The molecule has 6 atom stereocenters. The normalized spacial score (nSPS) is 31.8. The van der Waals surface area contributed by atoms with Gasteiger partial charge in [-0.05, 0) is 105 Å². The number of allylic oxidation sites excluding steroid dienone is 1. The fourth-order valence-electron chi connectivity index (χ4n) is 9.18. The first-order valence-corrected chi connectivity index (χ1v) is 19.1. The summed E-state index contributed by atoms with van der Waals surface area (Å²) in [5, 5.41) is 10.4. The van der Waals surface area contributed by atoms with Crippen LogP contribution in [0.5, 0.6) is 0 Å². The molecule has 3 saturated carbocycles. The minimum Gasteiger partial charge on any atom is -0.393 e. The molecule has 4 aliphatic carbocycles. The number of ketones is 1. The van der Waals surface area contributed by atoms with Gasteiger partial charge < -0.3 is 9.59 Å². The lowest BCUT2D eigenvalue weighted by Crippen LogP contribution is -2.51. The maximum atomic E-state index is 11.8. The van der Waals surface area contributed by atoms with E-state index in [-0.39, 0.29) is 16.9 Å². The molecule has 8 heteroatoms. The molecule has 0 aromatic rings. The van der Waals surface area contributed by atoms with Crippen LogP contribution in [0.2, 0.25) is 0 Å². The number of hydrogen-bond acceptors (Lipinski definition) is 4. The summed E-state index contributed by atoms with van der Waals surface area (Å²) in [5.74, 6) is 2.57. The van der Waals surface area contributed by atoms with Gasteiger partial charge in [-0.25, -0.2) is 0 Å². The molecule has 0 amide bonds. The maximum absolute atomic E-state index is 11.8. The highest BCUT2D eigenvalue weighted by Crippen LogP contribution is 2.65. The zero-order valence-corrected chi connectivity index (χ0v) is 29.3. The highest BCUT2D eigenvalue weighted by atomic mass is 32.3. The SMILES string of the molecule is CCCC[N+](CCCC)(CCCC)CCCC.C[C@]12CC[C@H]3[C@@H](CCC4=CC(=O)CC[C@@]43C)[C@@H]1CC[C@@H]2O.O=S(=O)(O)O. The number of rotatable bonds is 12. The molecule has 0 bridgehead atoms. The van der Waals surface area contributed by atoms with Crippen LogP contribution in [0.4, 0.5) is 0 Å². The van der Waals surface area contributed by atoms with Crippen molar-refractivity contribution >= 4 is 16.2 Å². The van der Waals surface area contributed by atoms with E-state index in [1.165, 1.54) is 113 Å². The summed E-state index contributed by atoms with van der Waals surface area (Å²) in [4.78, 5) is 11.8. The third kappa shape index (κ3) is 10.6. The number of unbranched alkanes of at least 4 members (excludes halogenated alkanes) is 4. The lowest BCUT2D eigenvalue weighted by Gasteiger charge is -2.57. The lowest BCUT2D eigenvalue weighted by atomic mass is 9.47. The Morgan fingerprint density at radius 3 is 1.72 bits per heavy atom. The first-order chi connectivity index (χ1) is 20.2. The Labute approximate surface area is 264 Å². The fraction of sp³-hybridized carbons (Fsp3) is 0.914. The molecule has 0 aromatic heterocycles. The molecule has 0 aromatic carbocycles. The van der Waals surface area contributed by atoms with Crippen molar-refractivity contribution in [2.24, 2.45) is 28.6 Å². The number of quaternary nitrogens is 1. The number of aliphatic hydroxyl groups is 1. The average molecular weight is 629 g/mol. The van der Waals surface area contributed by atoms with Gasteiger partial charge >= 0.3 is 10.4 Å². The summed E-state index contributed by atoms with van der Waals surface area (Å²) < 4.78 is 33.0. The fourth-order valence-corrected chi connectivity index (χ4v) is 9.18. The summed E-state index contributed by atoms with van der Waals surface area (Å²) in [5.41, 5.74) is 1.89. The Balaban J connectivity index is 0.000000266. The van der Waals surface area contributed by atoms with Crippen LogP contribution in [-0.2, 0) is 15.2 Å². The molecule has 0 radical (unpaired) electrons. The molecule has 0 heterocycles. The van der Waals surface area contributed by atoms with E-state index in [1.54, 1.807) is 0 Å². The predicted octanol–water partition coefficient (Wildman–Crippen LogP) is 8.23. The van der Waals surface area contributed by atoms with Gasteiger partial charge in [-0.1, -0.05) is 72.8 Å². The first-order valence-electron chi connectivity index (χ1n) is 17.7. The molecule has 0 unspecified atom stereocenters. The van der Waals surface area contributed by atoms with Crippen LogP contribution in [0.3, 0.4) is 0 Å².